The van der Waals surface area contributed by atoms with E-state index in [0.717, 1.165) is 0 Å². The Hall–Kier alpha value is -1.07. The third-order valence-electron chi connectivity index (χ3n) is 1.26. The maximum absolute atomic E-state index is 12.0. The van der Waals surface area contributed by atoms with E-state index in [4.69, 9.17) is 0 Å². The van der Waals surface area contributed by atoms with Gasteiger partial charge in [0.2, 0.25) is 5.92 Å². The summed E-state index contributed by atoms with van der Waals surface area (Å²) in [7, 11) is 0. The highest BCUT2D eigenvalue weighted by molar-refractivity contribution is 5.98. The molecule has 0 fully saturated rings. The molecule has 76 valence electrons. The Kier molecular flexibility index (Phi) is 3.90. The van der Waals surface area contributed by atoms with Gasteiger partial charge in [0.1, 0.15) is 0 Å². The minimum absolute atomic E-state index is 0.182. The predicted octanol–water partition coefficient (Wildman–Crippen LogP) is 1.32. The lowest BCUT2D eigenvalue weighted by Gasteiger charge is -2.15. The van der Waals surface area contributed by atoms with Crippen molar-refractivity contribution in [2.24, 2.45) is 5.92 Å². The van der Waals surface area contributed by atoms with Crippen LogP contribution < -0.4 is 0 Å². The lowest BCUT2D eigenvalue weighted by molar-refractivity contribution is -0.197. The molecule has 0 aromatic carbocycles. The molecule has 3 nitrogen and oxygen atoms in total. The highest BCUT2D eigenvalue weighted by atomic mass is 19.4. The van der Waals surface area contributed by atoms with E-state index < -0.39 is 23.8 Å². The summed E-state index contributed by atoms with van der Waals surface area (Å²) in [6.45, 7) is 1.89. The van der Waals surface area contributed by atoms with Crippen LogP contribution in [-0.2, 0) is 14.3 Å². The maximum Gasteiger partial charge on any atom is 0.409 e. The van der Waals surface area contributed by atoms with Gasteiger partial charge in [0.15, 0.2) is 5.78 Å². The summed E-state index contributed by atoms with van der Waals surface area (Å²) in [6.07, 6.45) is -4.86. The van der Waals surface area contributed by atoms with Gasteiger partial charge in [-0.1, -0.05) is 0 Å². The first-order valence-corrected chi connectivity index (χ1v) is 3.54. The molecule has 0 radical (unpaired) electrons. The average molecular weight is 198 g/mol. The van der Waals surface area contributed by atoms with E-state index >= 15 is 0 Å². The molecule has 0 heterocycles. The molecule has 0 aliphatic rings. The van der Waals surface area contributed by atoms with Crippen LogP contribution in [-0.4, -0.2) is 24.5 Å². The van der Waals surface area contributed by atoms with Gasteiger partial charge < -0.3 is 4.74 Å². The van der Waals surface area contributed by atoms with Gasteiger partial charge in [-0.25, -0.2) is 0 Å². The fourth-order valence-electron chi connectivity index (χ4n) is 0.756. The first kappa shape index (κ1) is 11.9. The minimum atomic E-state index is -4.86. The summed E-state index contributed by atoms with van der Waals surface area (Å²) in [5.74, 6) is -5.44. The molecule has 13 heavy (non-hydrogen) atoms. The van der Waals surface area contributed by atoms with Gasteiger partial charge in [0, 0.05) is 0 Å². The lowest BCUT2D eigenvalue weighted by atomic mass is 10.1. The zero-order valence-electron chi connectivity index (χ0n) is 7.14. The third kappa shape index (κ3) is 3.43. The fraction of sp³-hybridized carbons (Fsp3) is 0.714. The van der Waals surface area contributed by atoms with Gasteiger partial charge >= 0.3 is 12.1 Å². The molecule has 0 amide bonds. The van der Waals surface area contributed by atoms with Crippen LogP contribution in [0, 0.1) is 5.92 Å². The Morgan fingerprint density at radius 1 is 1.38 bits per heavy atom. The second-order valence-electron chi connectivity index (χ2n) is 2.34. The second kappa shape index (κ2) is 4.25. The van der Waals surface area contributed by atoms with E-state index in [-0.39, 0.29) is 6.61 Å². The first-order valence-electron chi connectivity index (χ1n) is 3.54. The first-order chi connectivity index (χ1) is 5.80. The molecule has 0 bridgehead atoms. The van der Waals surface area contributed by atoms with Crippen LogP contribution in [0.15, 0.2) is 0 Å². The van der Waals surface area contributed by atoms with Gasteiger partial charge in [-0.15, -0.1) is 0 Å². The number of esters is 1. The quantitative estimate of drug-likeness (QED) is 0.507. The van der Waals surface area contributed by atoms with Crippen molar-refractivity contribution in [3.8, 4) is 0 Å². The van der Waals surface area contributed by atoms with Crippen molar-refractivity contribution >= 4 is 11.8 Å². The van der Waals surface area contributed by atoms with Gasteiger partial charge in [-0.3, -0.25) is 9.59 Å². The standard InChI is InChI=1S/C7H9F3O3/c1-3-13-6(12)5(4(2)11)7(8,9)10/h5H,3H2,1-2H3/t5-/m0/s1. The lowest BCUT2D eigenvalue weighted by Crippen LogP contribution is -2.37. The molecule has 0 aromatic rings. The molecule has 1 atom stereocenters. The number of alkyl halides is 3. The summed E-state index contributed by atoms with van der Waals surface area (Å²) >= 11 is 0. The normalized spacial score (nSPS) is 13.6. The molecule has 6 heteroatoms. The number of rotatable bonds is 3. The largest absolute Gasteiger partial charge is 0.465 e. The highest BCUT2D eigenvalue weighted by Crippen LogP contribution is 2.27. The van der Waals surface area contributed by atoms with E-state index in [2.05, 4.69) is 4.74 Å². The second-order valence-corrected chi connectivity index (χ2v) is 2.34. The Bertz CT molecular complexity index is 210. The van der Waals surface area contributed by atoms with Crippen LogP contribution in [0.5, 0.6) is 0 Å². The molecular formula is C7H9F3O3. The number of hydrogen-bond donors (Lipinski definition) is 0. The summed E-state index contributed by atoms with van der Waals surface area (Å²) in [5, 5.41) is 0. The molecule has 0 aromatic heterocycles. The molecule has 0 N–H and O–H groups in total. The number of ketones is 1. The van der Waals surface area contributed by atoms with Crippen LogP contribution in [0.3, 0.4) is 0 Å². The number of Topliss-reactive ketones (excluding diaryl/α,β-unsaturated/α-hetero) is 1. The fourth-order valence-corrected chi connectivity index (χ4v) is 0.756. The molecule has 0 saturated heterocycles. The predicted molar refractivity (Wildman–Crippen MR) is 36.9 cm³/mol. The summed E-state index contributed by atoms with van der Waals surface area (Å²) in [5.41, 5.74) is 0. The molecule has 0 aliphatic carbocycles. The molecule has 0 aliphatic heterocycles. The SMILES string of the molecule is CCOC(=O)[C@H](C(C)=O)C(F)(F)F. The van der Waals surface area contributed by atoms with E-state index in [1.54, 1.807) is 0 Å². The van der Waals surface area contributed by atoms with E-state index in [1.165, 1.54) is 6.92 Å². The van der Waals surface area contributed by atoms with Gasteiger partial charge in [0.05, 0.1) is 6.61 Å². The third-order valence-corrected chi connectivity index (χ3v) is 1.26. The van der Waals surface area contributed by atoms with Gasteiger partial charge in [-0.05, 0) is 13.8 Å². The van der Waals surface area contributed by atoms with Crippen molar-refractivity contribution in [3.05, 3.63) is 0 Å². The summed E-state index contributed by atoms with van der Waals surface area (Å²) in [6, 6.07) is 0. The van der Waals surface area contributed by atoms with Gasteiger partial charge in [0.25, 0.3) is 0 Å². The molecule has 0 saturated carbocycles. The highest BCUT2D eigenvalue weighted by Gasteiger charge is 2.49. The molecule has 0 spiro atoms. The van der Waals surface area contributed by atoms with Crippen LogP contribution in [0.25, 0.3) is 0 Å². The van der Waals surface area contributed by atoms with Crippen molar-refractivity contribution in [1.82, 2.24) is 0 Å². The Morgan fingerprint density at radius 3 is 2.08 bits per heavy atom. The zero-order chi connectivity index (χ0) is 10.6. The number of halogens is 3. The van der Waals surface area contributed by atoms with Crippen LogP contribution in [0.1, 0.15) is 13.8 Å². The summed E-state index contributed by atoms with van der Waals surface area (Å²) in [4.78, 5) is 21.2. The Balaban J connectivity index is 4.63. The van der Waals surface area contributed by atoms with Crippen molar-refractivity contribution in [1.29, 1.82) is 0 Å². The van der Waals surface area contributed by atoms with Crippen molar-refractivity contribution in [2.45, 2.75) is 20.0 Å². The monoisotopic (exact) mass is 198 g/mol. The van der Waals surface area contributed by atoms with Crippen molar-refractivity contribution < 1.29 is 27.5 Å². The number of carbonyl (C=O) groups is 2. The number of ether oxygens (including phenoxy) is 1. The Labute approximate surface area is 72.9 Å². The molecule has 0 unspecified atom stereocenters. The molecular weight excluding hydrogens is 189 g/mol. The van der Waals surface area contributed by atoms with Crippen LogP contribution in [0.4, 0.5) is 13.2 Å². The van der Waals surface area contributed by atoms with Gasteiger partial charge in [-0.2, -0.15) is 13.2 Å². The number of carbonyl (C=O) groups excluding carboxylic acids is 2. The van der Waals surface area contributed by atoms with E-state index in [9.17, 15) is 22.8 Å². The van der Waals surface area contributed by atoms with E-state index in [1.807, 2.05) is 0 Å². The smallest absolute Gasteiger partial charge is 0.409 e. The van der Waals surface area contributed by atoms with E-state index in [0.29, 0.717) is 6.92 Å². The average Bonchev–Trinajstić information content (AvgIpc) is 1.82. The maximum atomic E-state index is 12.0. The topological polar surface area (TPSA) is 43.4 Å². The Morgan fingerprint density at radius 2 is 1.85 bits per heavy atom. The number of hydrogen-bond acceptors (Lipinski definition) is 3. The summed E-state index contributed by atoms with van der Waals surface area (Å²) < 4.78 is 40.2. The zero-order valence-corrected chi connectivity index (χ0v) is 7.14. The van der Waals surface area contributed by atoms with Crippen molar-refractivity contribution in [3.63, 3.8) is 0 Å². The minimum Gasteiger partial charge on any atom is -0.465 e. The van der Waals surface area contributed by atoms with Crippen molar-refractivity contribution in [2.75, 3.05) is 6.61 Å². The van der Waals surface area contributed by atoms with Crippen LogP contribution in [0.2, 0.25) is 0 Å². The van der Waals surface area contributed by atoms with Crippen LogP contribution >= 0.6 is 0 Å². The molecule has 0 rings (SSSR count).